The average Bonchev–Trinajstić information content (AvgIpc) is 2.45. The monoisotopic (exact) mass is 336 g/mol. The van der Waals surface area contributed by atoms with Crippen LogP contribution in [0.2, 0.25) is 0 Å². The zero-order valence-electron chi connectivity index (χ0n) is 14.7. The third kappa shape index (κ3) is 20.8. The van der Waals surface area contributed by atoms with Crippen molar-refractivity contribution in [3.63, 3.8) is 0 Å². The van der Waals surface area contributed by atoms with Crippen LogP contribution < -0.4 is 56.5 Å². The van der Waals surface area contributed by atoms with Crippen molar-refractivity contribution in [3.05, 3.63) is 12.2 Å². The number of aliphatic carboxylic acids is 1. The summed E-state index contributed by atoms with van der Waals surface area (Å²) < 4.78 is 0. The fraction of sp³-hybridized carbons (Fsp3) is 0.833. The predicted molar refractivity (Wildman–Crippen MR) is 85.8 cm³/mol. The second-order valence-electron chi connectivity index (χ2n) is 5.89. The van der Waals surface area contributed by atoms with Crippen molar-refractivity contribution in [2.75, 3.05) is 0 Å². The number of hydrogen-bond donors (Lipinski definition) is 1. The van der Waals surface area contributed by atoms with Crippen LogP contribution in [0.5, 0.6) is 0 Å². The summed E-state index contributed by atoms with van der Waals surface area (Å²) in [7, 11) is 0. The van der Waals surface area contributed by atoms with Gasteiger partial charge in [-0.05, 0) is 38.5 Å². The molecule has 0 spiro atoms. The number of allylic oxidation sites excluding steroid dienone is 1. The van der Waals surface area contributed by atoms with Crippen LogP contribution >= 0.6 is 0 Å². The van der Waals surface area contributed by atoms with Gasteiger partial charge in [0.1, 0.15) is 0 Å². The van der Waals surface area contributed by atoms with Gasteiger partial charge in [-0.2, -0.15) is 0 Å². The maximum Gasteiger partial charge on any atom is 1.00 e. The van der Waals surface area contributed by atoms with Crippen LogP contribution in [0.4, 0.5) is 0 Å². The van der Waals surface area contributed by atoms with Crippen molar-refractivity contribution in [2.45, 2.75) is 96.5 Å². The van der Waals surface area contributed by atoms with Crippen molar-refractivity contribution in [3.8, 4) is 0 Å². The molecule has 0 rings (SSSR count). The topological polar surface area (TPSA) is 60.4 Å². The summed E-state index contributed by atoms with van der Waals surface area (Å²) in [6, 6.07) is 0. The molecule has 0 bridgehead atoms. The van der Waals surface area contributed by atoms with Crippen LogP contribution in [0, 0.1) is 0 Å². The minimum atomic E-state index is -0.939. The van der Waals surface area contributed by atoms with Crippen LogP contribution in [0.3, 0.4) is 0 Å². The molecule has 1 atom stereocenters. The molecule has 22 heavy (non-hydrogen) atoms. The number of carboxylic acids is 1. The molecule has 0 aromatic carbocycles. The van der Waals surface area contributed by atoms with E-state index in [1.54, 1.807) is 0 Å². The molecular formula is C18H33KO3. The molecule has 0 saturated carbocycles. The molecule has 4 heteroatoms. The molecule has 0 fully saturated rings. The molecule has 3 nitrogen and oxygen atoms in total. The van der Waals surface area contributed by atoms with Crippen molar-refractivity contribution >= 4 is 5.97 Å². The molecule has 0 aromatic rings. The normalized spacial score (nSPS) is 12.3. The van der Waals surface area contributed by atoms with Gasteiger partial charge >= 0.3 is 51.4 Å². The first-order valence-electron chi connectivity index (χ1n) is 8.69. The summed E-state index contributed by atoms with van der Waals surface area (Å²) in [5, 5.41) is 20.0. The molecule has 0 radical (unpaired) electrons. The Morgan fingerprint density at radius 3 is 2.32 bits per heavy atom. The minimum Gasteiger partial charge on any atom is -0.550 e. The zero-order valence-corrected chi connectivity index (χ0v) is 17.8. The van der Waals surface area contributed by atoms with Crippen LogP contribution in [-0.4, -0.2) is 17.2 Å². The van der Waals surface area contributed by atoms with E-state index >= 15 is 0 Å². The maximum absolute atomic E-state index is 10.2. The molecule has 0 aromatic heterocycles. The number of carbonyl (C=O) groups excluding carboxylic acids is 1. The van der Waals surface area contributed by atoms with Crippen LogP contribution in [0.25, 0.3) is 0 Å². The summed E-state index contributed by atoms with van der Waals surface area (Å²) in [5.41, 5.74) is 0. The Kier molecular flexibility index (Phi) is 22.6. The van der Waals surface area contributed by atoms with Gasteiger partial charge in [-0.25, -0.2) is 0 Å². The first-order chi connectivity index (χ1) is 10.2. The quantitative estimate of drug-likeness (QED) is 0.273. The first-order valence-corrected chi connectivity index (χ1v) is 8.69. The Hall–Kier alpha value is 0.806. The third-order valence-electron chi connectivity index (χ3n) is 3.72. The number of carbonyl (C=O) groups is 1. The Bertz CT molecular complexity index is 267. The SMILES string of the molecule is CCCCCC[C@@H](O)CC=CCCCCCCCC(=O)[O-].[K+]. The van der Waals surface area contributed by atoms with Crippen molar-refractivity contribution < 1.29 is 66.4 Å². The number of carboxylic acid groups (broad SMARTS) is 1. The van der Waals surface area contributed by atoms with E-state index in [-0.39, 0.29) is 63.9 Å². The Balaban J connectivity index is 0. The van der Waals surface area contributed by atoms with Gasteiger partial charge in [0.25, 0.3) is 0 Å². The van der Waals surface area contributed by atoms with E-state index in [0.717, 1.165) is 57.8 Å². The molecule has 0 unspecified atom stereocenters. The Labute approximate surface area is 179 Å². The van der Waals surface area contributed by atoms with E-state index < -0.39 is 5.97 Å². The van der Waals surface area contributed by atoms with E-state index in [4.69, 9.17) is 0 Å². The van der Waals surface area contributed by atoms with Gasteiger partial charge in [-0.15, -0.1) is 0 Å². The van der Waals surface area contributed by atoms with Crippen molar-refractivity contribution in [1.29, 1.82) is 0 Å². The third-order valence-corrected chi connectivity index (χ3v) is 3.72. The number of aliphatic hydroxyl groups excluding tert-OH is 1. The molecule has 0 aliphatic rings. The second-order valence-corrected chi connectivity index (χ2v) is 5.89. The molecule has 0 saturated heterocycles. The summed E-state index contributed by atoms with van der Waals surface area (Å²) >= 11 is 0. The first kappa shape index (κ1) is 25.1. The zero-order chi connectivity index (χ0) is 15.8. The molecule has 0 heterocycles. The van der Waals surface area contributed by atoms with Crippen LogP contribution in [-0.2, 0) is 4.79 Å². The number of unbranched alkanes of at least 4 members (excludes halogenated alkanes) is 8. The summed E-state index contributed by atoms with van der Waals surface area (Å²) in [5.74, 6) is -0.939. The molecule has 124 valence electrons. The summed E-state index contributed by atoms with van der Waals surface area (Å²) in [6.07, 6.45) is 17.0. The second kappa shape index (κ2) is 19.9. The van der Waals surface area contributed by atoms with Gasteiger partial charge in [0.15, 0.2) is 0 Å². The van der Waals surface area contributed by atoms with Gasteiger partial charge < -0.3 is 15.0 Å². The van der Waals surface area contributed by atoms with E-state index in [9.17, 15) is 15.0 Å². The van der Waals surface area contributed by atoms with Crippen molar-refractivity contribution in [2.24, 2.45) is 0 Å². The Morgan fingerprint density at radius 2 is 1.64 bits per heavy atom. The smallest absolute Gasteiger partial charge is 0.550 e. The fourth-order valence-electron chi connectivity index (χ4n) is 2.36. The molecule has 0 aliphatic carbocycles. The van der Waals surface area contributed by atoms with Gasteiger partial charge in [-0.3, -0.25) is 0 Å². The van der Waals surface area contributed by atoms with E-state index in [1.807, 2.05) is 0 Å². The minimum absolute atomic E-state index is 0. The average molecular weight is 337 g/mol. The molecule has 0 aliphatic heterocycles. The van der Waals surface area contributed by atoms with E-state index in [1.165, 1.54) is 19.3 Å². The number of hydrogen-bond acceptors (Lipinski definition) is 3. The molecule has 1 N–H and O–H groups in total. The summed E-state index contributed by atoms with van der Waals surface area (Å²) in [6.45, 7) is 2.20. The van der Waals surface area contributed by atoms with Crippen LogP contribution in [0.15, 0.2) is 12.2 Å². The van der Waals surface area contributed by atoms with Crippen LogP contribution in [0.1, 0.15) is 90.4 Å². The van der Waals surface area contributed by atoms with E-state index in [2.05, 4.69) is 19.1 Å². The van der Waals surface area contributed by atoms with Gasteiger partial charge in [0.05, 0.1) is 6.10 Å². The van der Waals surface area contributed by atoms with Gasteiger partial charge in [0.2, 0.25) is 0 Å². The van der Waals surface area contributed by atoms with Gasteiger partial charge in [-0.1, -0.05) is 64.0 Å². The maximum atomic E-state index is 10.2. The fourth-order valence-corrected chi connectivity index (χ4v) is 2.36. The Morgan fingerprint density at radius 1 is 1.00 bits per heavy atom. The van der Waals surface area contributed by atoms with E-state index in [0.29, 0.717) is 0 Å². The standard InChI is InChI=1S/C18H34O3.K/c1-2-3-4-11-14-17(19)15-12-9-7-5-6-8-10-13-16-18(20)21;/h9,12,17,19H,2-8,10-11,13-16H2,1H3,(H,20,21);/q;+1/p-1/t17-;/m1./s1. The molecule has 0 amide bonds. The predicted octanol–water partition coefficient (Wildman–Crippen LogP) is 0.749. The number of rotatable bonds is 15. The largest absolute Gasteiger partial charge is 1.00 e. The van der Waals surface area contributed by atoms with Gasteiger partial charge in [0, 0.05) is 5.97 Å². The molecular weight excluding hydrogens is 303 g/mol. The number of aliphatic hydroxyl groups is 1. The van der Waals surface area contributed by atoms with Crippen molar-refractivity contribution in [1.82, 2.24) is 0 Å². The summed E-state index contributed by atoms with van der Waals surface area (Å²) in [4.78, 5) is 10.2.